The molecule has 0 radical (unpaired) electrons. The lowest BCUT2D eigenvalue weighted by Gasteiger charge is -2.16. The van der Waals surface area contributed by atoms with Crippen molar-refractivity contribution in [3.05, 3.63) is 35.1 Å². The predicted molar refractivity (Wildman–Crippen MR) is 54.8 cm³/mol. The van der Waals surface area contributed by atoms with Crippen LogP contribution in [0.15, 0.2) is 12.1 Å². The summed E-state index contributed by atoms with van der Waals surface area (Å²) in [6, 6.07) is 0.809. The lowest BCUT2D eigenvalue weighted by Crippen LogP contribution is -2.33. The Labute approximate surface area is 96.0 Å². The van der Waals surface area contributed by atoms with Gasteiger partial charge in [0, 0.05) is 31.3 Å². The van der Waals surface area contributed by atoms with Crippen LogP contribution in [0.4, 0.5) is 13.2 Å². The van der Waals surface area contributed by atoms with Crippen LogP contribution in [0.25, 0.3) is 0 Å². The predicted octanol–water partition coefficient (Wildman–Crippen LogP) is 1.28. The molecular formula is C11H11F3N2O. The lowest BCUT2D eigenvalue weighted by atomic mass is 10.1. The van der Waals surface area contributed by atoms with Crippen molar-refractivity contribution in [1.82, 2.24) is 4.90 Å². The van der Waals surface area contributed by atoms with Gasteiger partial charge < -0.3 is 10.6 Å². The first-order valence-electron chi connectivity index (χ1n) is 5.18. The Morgan fingerprint density at radius 2 is 1.88 bits per heavy atom. The largest absolute Gasteiger partial charge is 0.337 e. The van der Waals surface area contributed by atoms with E-state index < -0.39 is 28.9 Å². The van der Waals surface area contributed by atoms with Crippen molar-refractivity contribution in [2.75, 3.05) is 13.1 Å². The van der Waals surface area contributed by atoms with Crippen molar-refractivity contribution in [2.24, 2.45) is 5.73 Å². The summed E-state index contributed by atoms with van der Waals surface area (Å²) in [5.74, 6) is -4.21. The van der Waals surface area contributed by atoms with Crippen molar-refractivity contribution in [2.45, 2.75) is 12.5 Å². The molecule has 1 fully saturated rings. The summed E-state index contributed by atoms with van der Waals surface area (Å²) in [5, 5.41) is 0. The highest BCUT2D eigenvalue weighted by Gasteiger charge is 2.28. The standard InChI is InChI=1S/C11H11F3N2O/c12-6-3-8(13)10(9(14)4-6)11(17)16-2-1-7(15)5-16/h3-4,7H,1-2,5,15H2/t7-/m1/s1. The Morgan fingerprint density at radius 3 is 2.35 bits per heavy atom. The Morgan fingerprint density at radius 1 is 1.29 bits per heavy atom. The van der Waals surface area contributed by atoms with Crippen LogP contribution in [0.2, 0.25) is 0 Å². The van der Waals surface area contributed by atoms with Crippen LogP contribution in [0.1, 0.15) is 16.8 Å². The zero-order valence-electron chi connectivity index (χ0n) is 8.92. The molecule has 1 saturated heterocycles. The number of halogens is 3. The molecule has 0 unspecified atom stereocenters. The molecule has 1 aromatic rings. The van der Waals surface area contributed by atoms with Crippen molar-refractivity contribution in [1.29, 1.82) is 0 Å². The number of rotatable bonds is 1. The first-order valence-corrected chi connectivity index (χ1v) is 5.18. The molecule has 1 atom stereocenters. The second kappa shape index (κ2) is 4.37. The molecule has 2 N–H and O–H groups in total. The zero-order valence-corrected chi connectivity index (χ0v) is 8.92. The highest BCUT2D eigenvalue weighted by molar-refractivity contribution is 5.95. The van der Waals surface area contributed by atoms with E-state index in [2.05, 4.69) is 0 Å². The maximum absolute atomic E-state index is 13.4. The number of carbonyl (C=O) groups excluding carboxylic acids is 1. The van der Waals surface area contributed by atoms with Crippen LogP contribution in [-0.2, 0) is 0 Å². The maximum Gasteiger partial charge on any atom is 0.259 e. The molecule has 0 spiro atoms. The molecule has 0 saturated carbocycles. The monoisotopic (exact) mass is 244 g/mol. The van der Waals surface area contributed by atoms with Gasteiger partial charge in [0.25, 0.3) is 5.91 Å². The third-order valence-electron chi connectivity index (χ3n) is 2.73. The van der Waals surface area contributed by atoms with Gasteiger partial charge in [-0.2, -0.15) is 0 Å². The van der Waals surface area contributed by atoms with Crippen molar-refractivity contribution < 1.29 is 18.0 Å². The normalized spacial score (nSPS) is 19.8. The van der Waals surface area contributed by atoms with E-state index in [0.717, 1.165) is 0 Å². The number of benzene rings is 1. The van der Waals surface area contributed by atoms with Gasteiger partial charge in [-0.15, -0.1) is 0 Å². The van der Waals surface area contributed by atoms with Crippen molar-refractivity contribution in [3.63, 3.8) is 0 Å². The second-order valence-electron chi connectivity index (χ2n) is 4.04. The molecule has 2 rings (SSSR count). The Bertz CT molecular complexity index is 441. The quantitative estimate of drug-likeness (QED) is 0.808. The Balaban J connectivity index is 2.31. The van der Waals surface area contributed by atoms with Gasteiger partial charge >= 0.3 is 0 Å². The van der Waals surface area contributed by atoms with Crippen LogP contribution in [0.3, 0.4) is 0 Å². The summed E-state index contributed by atoms with van der Waals surface area (Å²) < 4.78 is 39.4. The summed E-state index contributed by atoms with van der Waals surface area (Å²) >= 11 is 0. The van der Waals surface area contributed by atoms with Gasteiger partial charge in [0.15, 0.2) is 0 Å². The minimum Gasteiger partial charge on any atom is -0.337 e. The molecule has 0 aromatic heterocycles. The smallest absolute Gasteiger partial charge is 0.259 e. The molecule has 1 amide bonds. The third kappa shape index (κ3) is 2.26. The molecule has 6 heteroatoms. The second-order valence-corrected chi connectivity index (χ2v) is 4.04. The lowest BCUT2D eigenvalue weighted by molar-refractivity contribution is 0.0781. The van der Waals surface area contributed by atoms with Gasteiger partial charge in [-0.25, -0.2) is 13.2 Å². The number of hydrogen-bond donors (Lipinski definition) is 1. The van der Waals surface area contributed by atoms with E-state index in [0.29, 0.717) is 25.1 Å². The van der Waals surface area contributed by atoms with Crippen LogP contribution in [-0.4, -0.2) is 29.9 Å². The topological polar surface area (TPSA) is 46.3 Å². The van der Waals surface area contributed by atoms with Crippen LogP contribution in [0.5, 0.6) is 0 Å². The summed E-state index contributed by atoms with van der Waals surface area (Å²) in [6.45, 7) is 0.616. The van der Waals surface area contributed by atoms with Crippen LogP contribution >= 0.6 is 0 Å². The number of nitrogens with zero attached hydrogens (tertiary/aromatic N) is 1. The number of likely N-dealkylation sites (tertiary alicyclic amines) is 1. The molecular weight excluding hydrogens is 233 g/mol. The summed E-state index contributed by atoms with van der Waals surface area (Å²) in [4.78, 5) is 13.1. The average molecular weight is 244 g/mol. The molecule has 0 bridgehead atoms. The van der Waals surface area contributed by atoms with Gasteiger partial charge in [0.1, 0.15) is 23.0 Å². The fourth-order valence-corrected chi connectivity index (χ4v) is 1.88. The van der Waals surface area contributed by atoms with E-state index >= 15 is 0 Å². The molecule has 92 valence electrons. The minimum atomic E-state index is -1.19. The fraction of sp³-hybridized carbons (Fsp3) is 0.364. The van der Waals surface area contributed by atoms with E-state index in [9.17, 15) is 18.0 Å². The van der Waals surface area contributed by atoms with E-state index in [1.807, 2.05) is 0 Å². The average Bonchev–Trinajstić information content (AvgIpc) is 2.63. The molecule has 0 aliphatic carbocycles. The molecule has 1 heterocycles. The number of nitrogens with two attached hydrogens (primary N) is 1. The Kier molecular flexibility index (Phi) is 3.06. The van der Waals surface area contributed by atoms with Gasteiger partial charge in [0.2, 0.25) is 0 Å². The number of carbonyl (C=O) groups is 1. The first kappa shape index (κ1) is 11.9. The van der Waals surface area contributed by atoms with E-state index in [1.165, 1.54) is 4.90 Å². The summed E-state index contributed by atoms with van der Waals surface area (Å²) in [5.41, 5.74) is 4.88. The van der Waals surface area contributed by atoms with Crippen LogP contribution < -0.4 is 5.73 Å². The van der Waals surface area contributed by atoms with Gasteiger partial charge in [-0.1, -0.05) is 0 Å². The first-order chi connectivity index (χ1) is 7.99. The highest BCUT2D eigenvalue weighted by atomic mass is 19.1. The summed E-state index contributed by atoms with van der Waals surface area (Å²) in [7, 11) is 0. The number of hydrogen-bond acceptors (Lipinski definition) is 2. The van der Waals surface area contributed by atoms with Crippen molar-refractivity contribution >= 4 is 5.91 Å². The minimum absolute atomic E-state index is 0.175. The third-order valence-corrected chi connectivity index (χ3v) is 2.73. The number of amides is 1. The molecule has 3 nitrogen and oxygen atoms in total. The maximum atomic E-state index is 13.4. The van der Waals surface area contributed by atoms with Gasteiger partial charge in [-0.3, -0.25) is 4.79 Å². The Hall–Kier alpha value is -1.56. The SMILES string of the molecule is N[C@@H]1CCN(C(=O)c2c(F)cc(F)cc2F)C1. The van der Waals surface area contributed by atoms with E-state index in [1.54, 1.807) is 0 Å². The van der Waals surface area contributed by atoms with Crippen LogP contribution in [0, 0.1) is 17.5 Å². The summed E-state index contributed by atoms with van der Waals surface area (Å²) in [6.07, 6.45) is 0.593. The molecule has 1 aromatic carbocycles. The molecule has 17 heavy (non-hydrogen) atoms. The highest BCUT2D eigenvalue weighted by Crippen LogP contribution is 2.19. The molecule has 1 aliphatic rings. The van der Waals surface area contributed by atoms with Crippen molar-refractivity contribution in [3.8, 4) is 0 Å². The van der Waals surface area contributed by atoms with E-state index in [-0.39, 0.29) is 12.6 Å². The molecule has 1 aliphatic heterocycles. The van der Waals surface area contributed by atoms with Gasteiger partial charge in [-0.05, 0) is 6.42 Å². The van der Waals surface area contributed by atoms with Gasteiger partial charge in [0.05, 0.1) is 0 Å². The fourth-order valence-electron chi connectivity index (χ4n) is 1.88. The zero-order chi connectivity index (χ0) is 12.6. The van der Waals surface area contributed by atoms with E-state index in [4.69, 9.17) is 5.73 Å².